The van der Waals surface area contributed by atoms with Crippen LogP contribution in [0.1, 0.15) is 16.7 Å². The maximum atomic E-state index is 12.9. The van der Waals surface area contributed by atoms with Crippen LogP contribution in [0.4, 0.5) is 0 Å². The molecular weight excluding hydrogens is 482 g/mol. The zero-order valence-corrected chi connectivity index (χ0v) is 18.1. The maximum Gasteiger partial charge on any atom is 0.283 e. The van der Waals surface area contributed by atoms with E-state index in [9.17, 15) is 23.2 Å². The Morgan fingerprint density at radius 3 is 1.79 bits per heavy atom. The Kier molecular flexibility index (Phi) is 5.98. The molecule has 0 aliphatic rings. The number of phenolic OH excluding ortho intramolecular Hbond substituents is 2. The molecule has 3 rings (SSSR count). The minimum atomic E-state index is -4.98. The van der Waals surface area contributed by atoms with Crippen molar-refractivity contribution in [3.05, 3.63) is 91.4 Å². The van der Waals surface area contributed by atoms with Gasteiger partial charge in [0.25, 0.3) is 10.1 Å². The van der Waals surface area contributed by atoms with Gasteiger partial charge >= 0.3 is 0 Å². The second-order valence-corrected chi connectivity index (χ2v) is 9.34. The molecule has 10 heteroatoms. The van der Waals surface area contributed by atoms with Gasteiger partial charge in [-0.25, -0.2) is 0 Å². The van der Waals surface area contributed by atoms with E-state index in [-0.39, 0.29) is 42.5 Å². The summed E-state index contributed by atoms with van der Waals surface area (Å²) in [5, 5.41) is 19.3. The second-order valence-electron chi connectivity index (χ2n) is 6.12. The van der Waals surface area contributed by atoms with Crippen molar-refractivity contribution in [3.8, 4) is 11.5 Å². The first-order chi connectivity index (χ1) is 13.5. The lowest BCUT2D eigenvalue weighted by Gasteiger charge is -2.33. The normalized spacial score (nSPS) is 13.8. The third-order valence-electron chi connectivity index (χ3n) is 4.40. The van der Waals surface area contributed by atoms with Crippen LogP contribution in [-0.4, -0.2) is 23.2 Å². The van der Waals surface area contributed by atoms with E-state index in [0.29, 0.717) is 0 Å². The molecule has 1 unspecified atom stereocenters. The predicted octanol–water partition coefficient (Wildman–Crippen LogP) is 5.89. The number of phenols is 2. The summed E-state index contributed by atoms with van der Waals surface area (Å²) in [4.78, 5) is 0. The molecule has 0 saturated heterocycles. The molecule has 0 amide bonds. The first-order valence-corrected chi connectivity index (χ1v) is 10.8. The van der Waals surface area contributed by atoms with E-state index < -0.39 is 20.6 Å². The van der Waals surface area contributed by atoms with Crippen molar-refractivity contribution in [2.75, 3.05) is 0 Å². The Balaban J connectivity index is 2.56. The summed E-state index contributed by atoms with van der Waals surface area (Å²) in [6.45, 7) is 0. The van der Waals surface area contributed by atoms with Gasteiger partial charge in [-0.2, -0.15) is 8.42 Å². The highest BCUT2D eigenvalue weighted by molar-refractivity contribution is 7.87. The molecule has 0 fully saturated rings. The van der Waals surface area contributed by atoms with Crippen molar-refractivity contribution in [1.82, 2.24) is 0 Å². The summed E-state index contributed by atoms with van der Waals surface area (Å²) < 4.78 is 34.1. The minimum Gasteiger partial charge on any atom is -0.506 e. The van der Waals surface area contributed by atoms with Crippen molar-refractivity contribution < 1.29 is 23.2 Å². The summed E-state index contributed by atoms with van der Waals surface area (Å²) in [5.74, 6) is -0.733. The van der Waals surface area contributed by atoms with Crippen LogP contribution >= 0.6 is 46.4 Å². The summed E-state index contributed by atoms with van der Waals surface area (Å²) in [7, 11) is -4.98. The Bertz CT molecular complexity index is 1190. The fourth-order valence-corrected chi connectivity index (χ4v) is 5.27. The molecule has 0 bridgehead atoms. The van der Waals surface area contributed by atoms with Crippen molar-refractivity contribution in [2.45, 2.75) is 4.75 Å². The van der Waals surface area contributed by atoms with Gasteiger partial charge in [0.1, 0.15) is 5.75 Å². The molecule has 3 aromatic carbocycles. The molecule has 0 heterocycles. The van der Waals surface area contributed by atoms with Crippen molar-refractivity contribution in [3.63, 3.8) is 0 Å². The third-order valence-corrected chi connectivity index (χ3v) is 6.99. The Hall–Kier alpha value is -1.67. The van der Waals surface area contributed by atoms with Crippen molar-refractivity contribution in [2.24, 2.45) is 0 Å². The van der Waals surface area contributed by atoms with Gasteiger partial charge in [0.2, 0.25) is 0 Å². The fraction of sp³-hybridized carbons (Fsp3) is 0.0526. The molecule has 1 atom stereocenters. The zero-order valence-electron chi connectivity index (χ0n) is 14.3. The summed E-state index contributed by atoms with van der Waals surface area (Å²) in [5.41, 5.74) is -0.0215. The number of halogens is 4. The van der Waals surface area contributed by atoms with Gasteiger partial charge in [-0.3, -0.25) is 4.55 Å². The van der Waals surface area contributed by atoms with E-state index in [4.69, 9.17) is 46.4 Å². The number of aromatic hydroxyl groups is 2. The predicted molar refractivity (Wildman–Crippen MR) is 114 cm³/mol. The number of rotatable bonds is 4. The average molecular weight is 494 g/mol. The summed E-state index contributed by atoms with van der Waals surface area (Å²) >= 11 is 24.2. The first kappa shape index (κ1) is 22.0. The lowest BCUT2D eigenvalue weighted by molar-refractivity contribution is 0.456. The molecule has 152 valence electrons. The van der Waals surface area contributed by atoms with Gasteiger partial charge in [0, 0.05) is 5.02 Å². The Labute approximate surface area is 186 Å². The molecule has 29 heavy (non-hydrogen) atoms. The van der Waals surface area contributed by atoms with Crippen LogP contribution in [0, 0.1) is 0 Å². The highest BCUT2D eigenvalue weighted by Crippen LogP contribution is 2.48. The summed E-state index contributed by atoms with van der Waals surface area (Å²) in [6.07, 6.45) is 0. The quantitative estimate of drug-likeness (QED) is 0.311. The smallest absolute Gasteiger partial charge is 0.283 e. The van der Waals surface area contributed by atoms with Crippen LogP contribution in [-0.2, 0) is 14.9 Å². The number of hydrogen-bond acceptors (Lipinski definition) is 4. The standard InChI is InChI=1S/C19H12Cl4O5S/c20-13-3-1-2-10(6-13)19(29(26,27)28,11-4-5-17(24)14(21)7-11)12-8-15(22)18(25)16(23)9-12/h1-9,24-25H,(H,26,27,28). The highest BCUT2D eigenvalue weighted by Gasteiger charge is 2.49. The molecule has 0 aliphatic carbocycles. The van der Waals surface area contributed by atoms with Gasteiger partial charge in [-0.15, -0.1) is 0 Å². The van der Waals surface area contributed by atoms with Gasteiger partial charge in [0.15, 0.2) is 10.5 Å². The summed E-state index contributed by atoms with van der Waals surface area (Å²) in [6, 6.07) is 11.8. The van der Waals surface area contributed by atoms with Gasteiger partial charge in [0.05, 0.1) is 15.1 Å². The van der Waals surface area contributed by atoms with Crippen molar-refractivity contribution in [1.29, 1.82) is 0 Å². The van der Waals surface area contributed by atoms with Gasteiger partial charge in [-0.05, 0) is 53.1 Å². The van der Waals surface area contributed by atoms with Crippen LogP contribution in [0.25, 0.3) is 0 Å². The van der Waals surface area contributed by atoms with Crippen LogP contribution in [0.5, 0.6) is 11.5 Å². The first-order valence-electron chi connectivity index (χ1n) is 7.89. The Morgan fingerprint density at radius 2 is 1.28 bits per heavy atom. The van der Waals surface area contributed by atoms with E-state index in [1.807, 2.05) is 0 Å². The topological polar surface area (TPSA) is 94.8 Å². The number of hydrogen-bond donors (Lipinski definition) is 3. The molecule has 3 aromatic rings. The Morgan fingerprint density at radius 1 is 0.724 bits per heavy atom. The molecule has 5 nitrogen and oxygen atoms in total. The lowest BCUT2D eigenvalue weighted by atomic mass is 9.84. The average Bonchev–Trinajstić information content (AvgIpc) is 2.62. The van der Waals surface area contributed by atoms with Crippen LogP contribution < -0.4 is 0 Å². The lowest BCUT2D eigenvalue weighted by Crippen LogP contribution is -2.38. The van der Waals surface area contributed by atoms with E-state index in [1.165, 1.54) is 42.5 Å². The second kappa shape index (κ2) is 7.87. The zero-order chi connectivity index (χ0) is 21.6. The molecule has 0 aliphatic heterocycles. The largest absolute Gasteiger partial charge is 0.506 e. The fourth-order valence-electron chi connectivity index (χ4n) is 3.15. The maximum absolute atomic E-state index is 12.9. The molecule has 0 spiro atoms. The van der Waals surface area contributed by atoms with Gasteiger partial charge in [-0.1, -0.05) is 64.6 Å². The molecule has 3 N–H and O–H groups in total. The highest BCUT2D eigenvalue weighted by atomic mass is 35.5. The van der Waals surface area contributed by atoms with E-state index in [2.05, 4.69) is 0 Å². The van der Waals surface area contributed by atoms with Crippen LogP contribution in [0.2, 0.25) is 20.1 Å². The molecule has 0 radical (unpaired) electrons. The monoisotopic (exact) mass is 492 g/mol. The van der Waals surface area contributed by atoms with Crippen molar-refractivity contribution >= 4 is 56.5 Å². The van der Waals surface area contributed by atoms with E-state index in [1.54, 1.807) is 0 Å². The SMILES string of the molecule is O=S(=O)(O)C(c1cccc(Cl)c1)(c1ccc(O)c(Cl)c1)c1cc(Cl)c(O)c(Cl)c1. The van der Waals surface area contributed by atoms with Gasteiger partial charge < -0.3 is 10.2 Å². The molecule has 0 saturated carbocycles. The van der Waals surface area contributed by atoms with E-state index in [0.717, 1.165) is 12.1 Å². The molecule has 0 aromatic heterocycles. The number of benzene rings is 3. The van der Waals surface area contributed by atoms with E-state index >= 15 is 0 Å². The molecular formula is C19H12Cl4O5S. The van der Waals surface area contributed by atoms with Crippen LogP contribution in [0.3, 0.4) is 0 Å². The third kappa shape index (κ3) is 3.77. The minimum absolute atomic E-state index is 0.0112. The van der Waals surface area contributed by atoms with Crippen LogP contribution in [0.15, 0.2) is 54.6 Å².